The molecule has 1 aliphatic rings. The highest BCUT2D eigenvalue weighted by molar-refractivity contribution is 5.97. The van der Waals surface area contributed by atoms with Crippen LogP contribution in [0.2, 0.25) is 0 Å². The van der Waals surface area contributed by atoms with Crippen molar-refractivity contribution >= 4 is 17.5 Å². The number of nitrogens with zero attached hydrogens (tertiary/aromatic N) is 4. The molecule has 0 radical (unpaired) electrons. The molecule has 0 saturated heterocycles. The first-order chi connectivity index (χ1) is 15.1. The summed E-state index contributed by atoms with van der Waals surface area (Å²) in [6.45, 7) is 0.150. The number of amides is 2. The summed E-state index contributed by atoms with van der Waals surface area (Å²) in [6.07, 6.45) is 10.5. The van der Waals surface area contributed by atoms with Gasteiger partial charge in [-0.2, -0.15) is 0 Å². The maximum Gasteiger partial charge on any atom is 0.299 e. The van der Waals surface area contributed by atoms with Crippen molar-refractivity contribution in [3.63, 3.8) is 0 Å². The molecule has 0 aliphatic heterocycles. The molecule has 7 nitrogen and oxygen atoms in total. The van der Waals surface area contributed by atoms with Crippen molar-refractivity contribution in [1.29, 1.82) is 0 Å². The van der Waals surface area contributed by atoms with Crippen LogP contribution in [0.15, 0.2) is 59.7 Å². The average Bonchev–Trinajstić information content (AvgIpc) is 2.80. The molecule has 1 atom stereocenters. The van der Waals surface area contributed by atoms with Gasteiger partial charge in [0.05, 0.1) is 0 Å². The highest BCUT2D eigenvalue weighted by Crippen LogP contribution is 2.32. The van der Waals surface area contributed by atoms with Gasteiger partial charge >= 0.3 is 0 Å². The van der Waals surface area contributed by atoms with Crippen LogP contribution in [-0.2, 0) is 16.1 Å². The molecule has 1 aliphatic carbocycles. The van der Waals surface area contributed by atoms with Gasteiger partial charge in [0.1, 0.15) is 6.04 Å². The van der Waals surface area contributed by atoms with Gasteiger partial charge in [0, 0.05) is 23.2 Å². The molecule has 2 aromatic carbocycles. The minimum absolute atomic E-state index is 0.0508. The SMILES string of the molecule is C#CC(=O)N(Cc1ccccc1)C(C(=O)NC1CCCCC1)c1ccccc1N=[N+]=[N-]. The Hall–Kier alpha value is -3.75. The number of rotatable bonds is 7. The van der Waals surface area contributed by atoms with Gasteiger partial charge in [-0.05, 0) is 35.4 Å². The highest BCUT2D eigenvalue weighted by Gasteiger charge is 2.33. The van der Waals surface area contributed by atoms with Crippen molar-refractivity contribution in [2.24, 2.45) is 5.11 Å². The Morgan fingerprint density at radius 3 is 2.48 bits per heavy atom. The van der Waals surface area contributed by atoms with Gasteiger partial charge in [-0.25, -0.2) is 0 Å². The summed E-state index contributed by atoms with van der Waals surface area (Å²) in [5.74, 6) is 1.21. The minimum atomic E-state index is -1.02. The second kappa shape index (κ2) is 10.9. The van der Waals surface area contributed by atoms with Crippen LogP contribution < -0.4 is 5.32 Å². The van der Waals surface area contributed by atoms with Gasteiger partial charge in [0.2, 0.25) is 5.91 Å². The molecule has 0 heterocycles. The van der Waals surface area contributed by atoms with E-state index < -0.39 is 11.9 Å². The largest absolute Gasteiger partial charge is 0.351 e. The van der Waals surface area contributed by atoms with Crippen LogP contribution in [0.25, 0.3) is 10.4 Å². The van der Waals surface area contributed by atoms with Crippen molar-refractivity contribution in [1.82, 2.24) is 10.2 Å². The summed E-state index contributed by atoms with van der Waals surface area (Å²) >= 11 is 0. The minimum Gasteiger partial charge on any atom is -0.351 e. The number of hydrogen-bond donors (Lipinski definition) is 1. The standard InChI is InChI=1S/C24H25N5O2/c1-2-22(30)29(17-18-11-5-3-6-12-18)23(20-15-9-10-16-21(20)27-28-25)24(31)26-19-13-7-4-8-14-19/h1,3,5-6,9-12,15-16,19,23H,4,7-8,13-14,17H2,(H,26,31). The molecular weight excluding hydrogens is 390 g/mol. The Morgan fingerprint density at radius 2 is 1.81 bits per heavy atom. The molecule has 2 amide bonds. The van der Waals surface area contributed by atoms with Gasteiger partial charge in [0.25, 0.3) is 5.91 Å². The van der Waals surface area contributed by atoms with E-state index >= 15 is 0 Å². The summed E-state index contributed by atoms with van der Waals surface area (Å²) in [6, 6.07) is 15.1. The lowest BCUT2D eigenvalue weighted by Gasteiger charge is -2.33. The monoisotopic (exact) mass is 415 g/mol. The number of hydrogen-bond acceptors (Lipinski definition) is 3. The normalized spacial score (nSPS) is 14.5. The molecule has 1 unspecified atom stereocenters. The maximum atomic E-state index is 13.5. The third kappa shape index (κ3) is 5.65. The first kappa shape index (κ1) is 21.9. The Balaban J connectivity index is 2.03. The molecule has 0 bridgehead atoms. The zero-order valence-electron chi connectivity index (χ0n) is 17.3. The predicted octanol–water partition coefficient (Wildman–Crippen LogP) is 4.78. The molecule has 31 heavy (non-hydrogen) atoms. The number of terminal acetylenes is 1. The van der Waals surface area contributed by atoms with Gasteiger partial charge in [-0.1, -0.05) is 79.0 Å². The summed E-state index contributed by atoms with van der Waals surface area (Å²) < 4.78 is 0. The molecule has 0 spiro atoms. The lowest BCUT2D eigenvalue weighted by Crippen LogP contribution is -2.46. The summed E-state index contributed by atoms with van der Waals surface area (Å²) in [5.41, 5.74) is 10.6. The quantitative estimate of drug-likeness (QED) is 0.305. The van der Waals surface area contributed by atoms with Crippen LogP contribution in [0.3, 0.4) is 0 Å². The number of carbonyl (C=O) groups excluding carboxylic acids is 2. The lowest BCUT2D eigenvalue weighted by atomic mass is 9.94. The van der Waals surface area contributed by atoms with Gasteiger partial charge in [-0.15, -0.1) is 6.42 Å². The molecule has 2 aromatic rings. The predicted molar refractivity (Wildman–Crippen MR) is 119 cm³/mol. The molecule has 1 saturated carbocycles. The average molecular weight is 415 g/mol. The van der Waals surface area contributed by atoms with Crippen molar-refractivity contribution in [2.45, 2.75) is 50.7 Å². The smallest absolute Gasteiger partial charge is 0.299 e. The topological polar surface area (TPSA) is 98.2 Å². The summed E-state index contributed by atoms with van der Waals surface area (Å²) in [4.78, 5) is 30.6. The van der Waals surface area contributed by atoms with Crippen molar-refractivity contribution in [2.75, 3.05) is 0 Å². The molecule has 158 valence electrons. The molecule has 0 aromatic heterocycles. The van der Waals surface area contributed by atoms with Crippen LogP contribution in [0.5, 0.6) is 0 Å². The van der Waals surface area contributed by atoms with Gasteiger partial charge in [-0.3, -0.25) is 9.59 Å². The van der Waals surface area contributed by atoms with Crippen LogP contribution in [-0.4, -0.2) is 22.8 Å². The fraction of sp³-hybridized carbons (Fsp3) is 0.333. The first-order valence-electron chi connectivity index (χ1n) is 10.4. The van der Waals surface area contributed by atoms with E-state index in [1.165, 1.54) is 4.90 Å². The van der Waals surface area contributed by atoms with E-state index in [1.54, 1.807) is 24.3 Å². The van der Waals surface area contributed by atoms with E-state index in [4.69, 9.17) is 12.0 Å². The van der Waals surface area contributed by atoms with Crippen LogP contribution in [0.4, 0.5) is 5.69 Å². The molecule has 7 heteroatoms. The number of benzene rings is 2. The van der Waals surface area contributed by atoms with Crippen molar-refractivity contribution in [3.8, 4) is 12.3 Å². The summed E-state index contributed by atoms with van der Waals surface area (Å²) in [5, 5.41) is 6.84. The zero-order chi connectivity index (χ0) is 22.1. The van der Waals surface area contributed by atoms with Crippen LogP contribution >= 0.6 is 0 Å². The van der Waals surface area contributed by atoms with Crippen LogP contribution in [0, 0.1) is 12.3 Å². The number of nitrogens with one attached hydrogen (secondary N) is 1. The summed E-state index contributed by atoms with van der Waals surface area (Å²) in [7, 11) is 0. The maximum absolute atomic E-state index is 13.5. The first-order valence-corrected chi connectivity index (χ1v) is 10.4. The fourth-order valence-corrected chi connectivity index (χ4v) is 3.98. The molecular formula is C24H25N5O2. The Bertz CT molecular complexity index is 1000. The third-order valence-corrected chi connectivity index (χ3v) is 5.48. The Kier molecular flexibility index (Phi) is 7.69. The second-order valence-corrected chi connectivity index (χ2v) is 7.56. The van der Waals surface area contributed by atoms with Crippen molar-refractivity contribution < 1.29 is 9.59 Å². The third-order valence-electron chi connectivity index (χ3n) is 5.48. The van der Waals surface area contributed by atoms with E-state index in [1.807, 2.05) is 30.3 Å². The highest BCUT2D eigenvalue weighted by atomic mass is 16.2. The number of carbonyl (C=O) groups is 2. The van der Waals surface area contributed by atoms with E-state index in [0.717, 1.165) is 37.7 Å². The van der Waals surface area contributed by atoms with Crippen LogP contribution in [0.1, 0.15) is 49.3 Å². The van der Waals surface area contributed by atoms with E-state index in [0.29, 0.717) is 5.56 Å². The van der Waals surface area contributed by atoms with Crippen molar-refractivity contribution in [3.05, 3.63) is 76.2 Å². The molecule has 1 N–H and O–H groups in total. The second-order valence-electron chi connectivity index (χ2n) is 7.56. The van der Waals surface area contributed by atoms with E-state index in [9.17, 15) is 9.59 Å². The lowest BCUT2D eigenvalue weighted by molar-refractivity contribution is -0.138. The Labute approximate surface area is 182 Å². The van der Waals surface area contributed by atoms with Gasteiger partial charge < -0.3 is 10.2 Å². The van der Waals surface area contributed by atoms with E-state index in [2.05, 4.69) is 21.3 Å². The Morgan fingerprint density at radius 1 is 1.13 bits per heavy atom. The van der Waals surface area contributed by atoms with Gasteiger partial charge in [0.15, 0.2) is 0 Å². The number of azide groups is 1. The zero-order valence-corrected chi connectivity index (χ0v) is 17.3. The van der Waals surface area contributed by atoms with E-state index in [-0.39, 0.29) is 24.2 Å². The molecule has 3 rings (SSSR count). The fourth-order valence-electron chi connectivity index (χ4n) is 3.98. The molecule has 1 fully saturated rings.